The number of methoxy groups -OCH3 is 1. The van der Waals surface area contributed by atoms with Crippen LogP contribution in [0.25, 0.3) is 0 Å². The molecular weight excluding hydrogens is 160 g/mol. The third-order valence-corrected chi connectivity index (χ3v) is 1.52. The largest absolute Gasteiger partial charge is 0.387 e. The van der Waals surface area contributed by atoms with Crippen molar-refractivity contribution < 1.29 is 14.4 Å². The first-order valence-electron chi connectivity index (χ1n) is 3.71. The molecule has 0 aromatic carbocycles. The van der Waals surface area contributed by atoms with Gasteiger partial charge in [0.25, 0.3) is 5.89 Å². The van der Waals surface area contributed by atoms with Crippen LogP contribution < -0.4 is 0 Å². The van der Waals surface area contributed by atoms with Gasteiger partial charge in [0.1, 0.15) is 6.61 Å². The first-order chi connectivity index (χ1) is 5.76. The lowest BCUT2D eigenvalue weighted by Gasteiger charge is -2.03. The Morgan fingerprint density at radius 3 is 2.92 bits per heavy atom. The molecule has 0 aliphatic rings. The molecule has 0 saturated heterocycles. The number of ether oxygens (including phenoxy) is 1. The Hall–Kier alpha value is -0.940. The smallest absolute Gasteiger partial charge is 0.252 e. The molecule has 0 amide bonds. The molecule has 1 aromatic heterocycles. The Labute approximate surface area is 70.3 Å². The summed E-state index contributed by atoms with van der Waals surface area (Å²) in [7, 11) is 1.62. The maximum Gasteiger partial charge on any atom is 0.252 e. The predicted octanol–water partition coefficient (Wildman–Crippen LogP) is 0.139. The lowest BCUT2D eigenvalue weighted by molar-refractivity contribution is 0.116. The molecule has 0 fully saturated rings. The molecule has 1 N–H and O–H groups in total. The van der Waals surface area contributed by atoms with E-state index in [0.717, 1.165) is 0 Å². The van der Waals surface area contributed by atoms with E-state index in [1.54, 1.807) is 7.11 Å². The summed E-state index contributed by atoms with van der Waals surface area (Å²) in [5.74, 6) is 0.807. The van der Waals surface area contributed by atoms with Gasteiger partial charge in [-0.3, -0.25) is 0 Å². The third kappa shape index (κ3) is 2.28. The Morgan fingerprint density at radius 1 is 1.67 bits per heavy atom. The highest BCUT2D eigenvalue weighted by Gasteiger charge is 2.08. The molecule has 0 bridgehead atoms. The van der Waals surface area contributed by atoms with Crippen molar-refractivity contribution in [2.45, 2.75) is 26.1 Å². The van der Waals surface area contributed by atoms with Gasteiger partial charge in [0.15, 0.2) is 5.82 Å². The van der Waals surface area contributed by atoms with Crippen LogP contribution in [0.5, 0.6) is 0 Å². The lowest BCUT2D eigenvalue weighted by Crippen LogP contribution is -2.09. The summed E-state index contributed by atoms with van der Waals surface area (Å²) in [4.78, 5) is 3.91. The van der Waals surface area contributed by atoms with Gasteiger partial charge in [-0.1, -0.05) is 5.16 Å². The first kappa shape index (κ1) is 9.15. The number of rotatable bonds is 4. The molecule has 5 heteroatoms. The molecule has 0 saturated carbocycles. The quantitative estimate of drug-likeness (QED) is 0.699. The zero-order valence-corrected chi connectivity index (χ0v) is 7.15. The normalized spacial score (nSPS) is 13.2. The van der Waals surface area contributed by atoms with Crippen molar-refractivity contribution >= 4 is 0 Å². The molecule has 0 radical (unpaired) electrons. The van der Waals surface area contributed by atoms with Gasteiger partial charge in [-0.05, 0) is 6.92 Å². The van der Waals surface area contributed by atoms with E-state index in [1.165, 1.54) is 0 Å². The first-order valence-corrected chi connectivity index (χ1v) is 3.71. The number of aromatic nitrogens is 2. The van der Waals surface area contributed by atoms with Crippen molar-refractivity contribution in [3.05, 3.63) is 11.7 Å². The fourth-order valence-electron chi connectivity index (χ4n) is 0.778. The van der Waals surface area contributed by atoms with E-state index < -0.39 is 0 Å². The van der Waals surface area contributed by atoms with E-state index in [1.807, 2.05) is 6.92 Å². The predicted molar refractivity (Wildman–Crippen MR) is 40.4 cm³/mol. The van der Waals surface area contributed by atoms with E-state index >= 15 is 0 Å². The fourth-order valence-corrected chi connectivity index (χ4v) is 0.778. The molecule has 1 atom stereocenters. The molecule has 5 nitrogen and oxygen atoms in total. The molecule has 0 aliphatic carbocycles. The molecular formula is C7H12N2O3. The monoisotopic (exact) mass is 172 g/mol. The van der Waals surface area contributed by atoms with Crippen molar-refractivity contribution in [3.8, 4) is 0 Å². The van der Waals surface area contributed by atoms with E-state index in [0.29, 0.717) is 12.2 Å². The summed E-state index contributed by atoms with van der Waals surface area (Å²) in [6.07, 6.45) is 0.661. The summed E-state index contributed by atoms with van der Waals surface area (Å²) in [6.45, 7) is 1.70. The van der Waals surface area contributed by atoms with Crippen molar-refractivity contribution in [2.24, 2.45) is 0 Å². The van der Waals surface area contributed by atoms with E-state index in [-0.39, 0.29) is 18.6 Å². The van der Waals surface area contributed by atoms with Gasteiger partial charge in [-0.15, -0.1) is 0 Å². The molecule has 1 heterocycles. The van der Waals surface area contributed by atoms with Crippen LogP contribution in [-0.4, -0.2) is 28.5 Å². The van der Waals surface area contributed by atoms with Crippen LogP contribution in [0.2, 0.25) is 0 Å². The van der Waals surface area contributed by atoms with Gasteiger partial charge in [0.05, 0.1) is 6.10 Å². The van der Waals surface area contributed by atoms with Crippen LogP contribution in [0, 0.1) is 0 Å². The average Bonchev–Trinajstić information content (AvgIpc) is 2.52. The van der Waals surface area contributed by atoms with Crippen LogP contribution in [0.4, 0.5) is 0 Å². The van der Waals surface area contributed by atoms with Crippen molar-refractivity contribution in [3.63, 3.8) is 0 Å². The van der Waals surface area contributed by atoms with E-state index in [9.17, 15) is 0 Å². The second-order valence-electron chi connectivity index (χ2n) is 2.51. The van der Waals surface area contributed by atoms with Crippen molar-refractivity contribution in [1.82, 2.24) is 10.1 Å². The SMILES string of the molecule is COC(C)Cc1noc(CO)n1. The highest BCUT2D eigenvalue weighted by molar-refractivity contribution is 4.86. The van der Waals surface area contributed by atoms with Crippen LogP contribution in [0.1, 0.15) is 18.6 Å². The standard InChI is InChI=1S/C7H12N2O3/c1-5(11-2)3-6-8-7(4-10)12-9-6/h5,10H,3-4H2,1-2H3. The maximum atomic E-state index is 8.61. The topological polar surface area (TPSA) is 68.4 Å². The number of aliphatic hydroxyl groups excluding tert-OH is 1. The van der Waals surface area contributed by atoms with Gasteiger partial charge in [-0.25, -0.2) is 0 Å². The summed E-state index contributed by atoms with van der Waals surface area (Å²) in [5, 5.41) is 12.3. The molecule has 1 unspecified atom stereocenters. The number of nitrogens with zero attached hydrogens (tertiary/aromatic N) is 2. The maximum absolute atomic E-state index is 8.61. The van der Waals surface area contributed by atoms with Gasteiger partial charge < -0.3 is 14.4 Å². The Balaban J connectivity index is 2.52. The van der Waals surface area contributed by atoms with Gasteiger partial charge >= 0.3 is 0 Å². The van der Waals surface area contributed by atoms with Crippen LogP contribution in [-0.2, 0) is 17.8 Å². The zero-order chi connectivity index (χ0) is 8.97. The minimum absolute atomic E-state index is 0.0640. The Bertz CT molecular complexity index is 236. The van der Waals surface area contributed by atoms with Gasteiger partial charge in [-0.2, -0.15) is 4.98 Å². The molecule has 68 valence electrons. The summed E-state index contributed by atoms with van der Waals surface area (Å²) < 4.78 is 9.71. The van der Waals surface area contributed by atoms with Crippen LogP contribution in [0.3, 0.4) is 0 Å². The van der Waals surface area contributed by atoms with Crippen molar-refractivity contribution in [1.29, 1.82) is 0 Å². The van der Waals surface area contributed by atoms with Gasteiger partial charge in [0, 0.05) is 13.5 Å². The second kappa shape index (κ2) is 4.18. The molecule has 0 aliphatic heterocycles. The summed E-state index contributed by atoms with van der Waals surface area (Å²) in [6, 6.07) is 0. The van der Waals surface area contributed by atoms with Gasteiger partial charge in [0.2, 0.25) is 0 Å². The minimum atomic E-state index is -0.214. The number of hydrogen-bond donors (Lipinski definition) is 1. The van der Waals surface area contributed by atoms with E-state index in [2.05, 4.69) is 10.1 Å². The Morgan fingerprint density at radius 2 is 2.42 bits per heavy atom. The van der Waals surface area contributed by atoms with Crippen molar-refractivity contribution in [2.75, 3.05) is 7.11 Å². The Kier molecular flexibility index (Phi) is 3.19. The number of hydrogen-bond acceptors (Lipinski definition) is 5. The summed E-state index contributed by atoms with van der Waals surface area (Å²) >= 11 is 0. The highest BCUT2D eigenvalue weighted by atomic mass is 16.5. The lowest BCUT2D eigenvalue weighted by atomic mass is 10.3. The number of aliphatic hydroxyl groups is 1. The summed E-state index contributed by atoms with van der Waals surface area (Å²) in [5.41, 5.74) is 0. The fraction of sp³-hybridized carbons (Fsp3) is 0.714. The van der Waals surface area contributed by atoms with E-state index in [4.69, 9.17) is 14.4 Å². The third-order valence-electron chi connectivity index (χ3n) is 1.52. The molecule has 1 aromatic rings. The van der Waals surface area contributed by atoms with Crippen LogP contribution >= 0.6 is 0 Å². The second-order valence-corrected chi connectivity index (χ2v) is 2.51. The molecule has 0 spiro atoms. The molecule has 12 heavy (non-hydrogen) atoms. The average molecular weight is 172 g/mol. The van der Waals surface area contributed by atoms with Crippen LogP contribution in [0.15, 0.2) is 4.52 Å². The zero-order valence-electron chi connectivity index (χ0n) is 7.15. The highest BCUT2D eigenvalue weighted by Crippen LogP contribution is 2.01. The minimum Gasteiger partial charge on any atom is -0.387 e. The molecule has 1 rings (SSSR count).